The number of benzene rings is 2. The Labute approximate surface area is 185 Å². The predicted octanol–water partition coefficient (Wildman–Crippen LogP) is 4.68. The van der Waals surface area contributed by atoms with Gasteiger partial charge in [-0.25, -0.2) is 0 Å². The molecule has 0 saturated carbocycles. The highest BCUT2D eigenvalue weighted by atomic mass is 35.5. The van der Waals surface area contributed by atoms with Gasteiger partial charge in [0.15, 0.2) is 8.69 Å². The number of alkyl halides is 3. The van der Waals surface area contributed by atoms with Gasteiger partial charge in [0.1, 0.15) is 5.75 Å². The van der Waals surface area contributed by atoms with E-state index in [2.05, 4.69) is 0 Å². The highest BCUT2D eigenvalue weighted by Crippen LogP contribution is 2.37. The van der Waals surface area contributed by atoms with Crippen LogP contribution < -0.4 is 10.5 Å². The molecule has 0 heterocycles. The lowest BCUT2D eigenvalue weighted by Gasteiger charge is -2.26. The number of aliphatic hydroxyl groups is 1. The number of halogens is 4. The summed E-state index contributed by atoms with van der Waals surface area (Å²) in [5.74, 6) is -0.230. The van der Waals surface area contributed by atoms with Crippen molar-refractivity contribution in [2.75, 3.05) is 19.8 Å². The fraction of sp³-hybridized carbons (Fsp3) is 0.429. The van der Waals surface area contributed by atoms with Crippen LogP contribution in [0.3, 0.4) is 0 Å². The van der Waals surface area contributed by atoms with Crippen LogP contribution in [0.4, 0.5) is 13.2 Å². The molecule has 0 aliphatic carbocycles. The van der Waals surface area contributed by atoms with Crippen molar-refractivity contribution < 1.29 is 32.1 Å². The molecule has 172 valence electrons. The van der Waals surface area contributed by atoms with Gasteiger partial charge in [-0.2, -0.15) is 13.2 Å². The van der Waals surface area contributed by atoms with Crippen LogP contribution in [0.15, 0.2) is 42.5 Å². The number of ether oxygens (including phenoxy) is 1. The highest BCUT2D eigenvalue weighted by Gasteiger charge is 2.35. The van der Waals surface area contributed by atoms with Crippen molar-refractivity contribution >= 4 is 20.3 Å². The number of nitrogens with two attached hydrogens (primary N) is 1. The molecule has 0 spiro atoms. The van der Waals surface area contributed by atoms with Crippen LogP contribution in [-0.4, -0.2) is 30.5 Å². The third-order valence-corrected chi connectivity index (χ3v) is 5.35. The SMILES string of the molecule is NC(CO)(CCc1ccc(OCCCc2ccc(Cl)cc2)c(C(F)(F)F)c1)CO[PH2]=O. The molecule has 0 fully saturated rings. The summed E-state index contributed by atoms with van der Waals surface area (Å²) in [6.07, 6.45) is -3.01. The van der Waals surface area contributed by atoms with Crippen LogP contribution in [0.5, 0.6) is 5.75 Å². The molecule has 0 aliphatic heterocycles. The zero-order valence-corrected chi connectivity index (χ0v) is 18.7. The average Bonchev–Trinajstić information content (AvgIpc) is 2.75. The smallest absolute Gasteiger partial charge is 0.419 e. The second-order valence-electron chi connectivity index (χ2n) is 7.33. The van der Waals surface area contributed by atoms with Crippen molar-refractivity contribution in [2.24, 2.45) is 5.73 Å². The first kappa shape index (κ1) is 25.7. The van der Waals surface area contributed by atoms with Gasteiger partial charge in [-0.3, -0.25) is 4.57 Å². The van der Waals surface area contributed by atoms with E-state index in [4.69, 9.17) is 26.6 Å². The molecule has 3 N–H and O–H groups in total. The Hall–Kier alpha value is -1.57. The monoisotopic (exact) mass is 479 g/mol. The summed E-state index contributed by atoms with van der Waals surface area (Å²) in [5, 5.41) is 10.1. The zero-order chi connectivity index (χ0) is 22.9. The van der Waals surface area contributed by atoms with Crippen LogP contribution in [0.2, 0.25) is 5.02 Å². The first-order valence-electron chi connectivity index (χ1n) is 9.69. The molecule has 2 unspecified atom stereocenters. The molecule has 0 amide bonds. The summed E-state index contributed by atoms with van der Waals surface area (Å²) in [6, 6.07) is 11.1. The lowest BCUT2D eigenvalue weighted by molar-refractivity contribution is -0.139. The van der Waals surface area contributed by atoms with E-state index in [0.717, 1.165) is 11.6 Å². The van der Waals surface area contributed by atoms with E-state index in [1.165, 1.54) is 6.07 Å². The Morgan fingerprint density at radius 3 is 2.35 bits per heavy atom. The number of aliphatic hydroxyl groups excluding tert-OH is 1. The van der Waals surface area contributed by atoms with E-state index in [-0.39, 0.29) is 31.8 Å². The minimum atomic E-state index is -4.58. The summed E-state index contributed by atoms with van der Waals surface area (Å²) < 4.78 is 61.4. The second-order valence-corrected chi connectivity index (χ2v) is 8.30. The van der Waals surface area contributed by atoms with E-state index >= 15 is 0 Å². The first-order valence-corrected chi connectivity index (χ1v) is 11.0. The third-order valence-electron chi connectivity index (χ3n) is 4.80. The van der Waals surface area contributed by atoms with Crippen LogP contribution in [0.25, 0.3) is 0 Å². The molecule has 2 rings (SSSR count). The van der Waals surface area contributed by atoms with Gasteiger partial charge in [-0.1, -0.05) is 29.8 Å². The zero-order valence-electron chi connectivity index (χ0n) is 16.8. The Morgan fingerprint density at radius 2 is 1.74 bits per heavy atom. The maximum absolute atomic E-state index is 13.5. The van der Waals surface area contributed by atoms with Crippen LogP contribution in [-0.2, 0) is 28.1 Å². The standard InChI is InChI=1S/C21H26ClF3NO4P/c22-17-6-3-15(4-7-17)2-1-11-29-19-8-5-16(12-18(19)21(23,24)25)9-10-20(26,13-27)14-30-31-28/h3-8,12,27H,1-2,9-11,13-14,26,31H2. The van der Waals surface area contributed by atoms with E-state index in [1.54, 1.807) is 18.2 Å². The van der Waals surface area contributed by atoms with E-state index < -0.39 is 32.6 Å². The van der Waals surface area contributed by atoms with Crippen molar-refractivity contribution in [1.29, 1.82) is 0 Å². The Morgan fingerprint density at radius 1 is 1.06 bits per heavy atom. The van der Waals surface area contributed by atoms with Crippen molar-refractivity contribution in [3.8, 4) is 5.75 Å². The van der Waals surface area contributed by atoms with Crippen molar-refractivity contribution in [3.63, 3.8) is 0 Å². The van der Waals surface area contributed by atoms with Gasteiger partial charge in [-0.05, 0) is 61.1 Å². The predicted molar refractivity (Wildman–Crippen MR) is 115 cm³/mol. The second kappa shape index (κ2) is 11.9. The molecular formula is C21H26ClF3NO4P. The molecule has 0 aromatic heterocycles. The van der Waals surface area contributed by atoms with E-state index in [1.807, 2.05) is 12.1 Å². The van der Waals surface area contributed by atoms with Gasteiger partial charge in [0, 0.05) is 5.02 Å². The Kier molecular flexibility index (Phi) is 9.85. The van der Waals surface area contributed by atoms with Gasteiger partial charge < -0.3 is 20.1 Å². The largest absolute Gasteiger partial charge is 0.493 e. The highest BCUT2D eigenvalue weighted by molar-refractivity contribution is 7.17. The lowest BCUT2D eigenvalue weighted by atomic mass is 9.93. The molecule has 5 nitrogen and oxygen atoms in total. The molecule has 10 heteroatoms. The number of hydrogen-bond acceptors (Lipinski definition) is 5. The maximum Gasteiger partial charge on any atom is 0.419 e. The van der Waals surface area contributed by atoms with E-state index in [9.17, 15) is 22.8 Å². The molecular weight excluding hydrogens is 454 g/mol. The molecule has 2 aromatic carbocycles. The average molecular weight is 480 g/mol. The number of rotatable bonds is 12. The minimum absolute atomic E-state index is 0.135. The normalized spacial score (nSPS) is 14.1. The summed E-state index contributed by atoms with van der Waals surface area (Å²) in [7, 11) is -1.48. The fourth-order valence-electron chi connectivity index (χ4n) is 2.98. The minimum Gasteiger partial charge on any atom is -0.493 e. The summed E-state index contributed by atoms with van der Waals surface area (Å²) in [5.41, 5.74) is 5.36. The lowest BCUT2D eigenvalue weighted by Crippen LogP contribution is -2.47. The topological polar surface area (TPSA) is 81.8 Å². The van der Waals surface area contributed by atoms with Crippen molar-refractivity contribution in [2.45, 2.75) is 37.4 Å². The molecule has 31 heavy (non-hydrogen) atoms. The molecule has 2 aromatic rings. The van der Waals surface area contributed by atoms with Crippen LogP contribution >= 0.6 is 20.3 Å². The van der Waals surface area contributed by atoms with Crippen molar-refractivity contribution in [3.05, 3.63) is 64.2 Å². The molecule has 2 atom stereocenters. The Bertz CT molecular complexity index is 852. The molecule has 0 bridgehead atoms. The molecule has 0 aliphatic rings. The van der Waals surface area contributed by atoms with Gasteiger partial charge >= 0.3 is 6.18 Å². The summed E-state index contributed by atoms with van der Waals surface area (Å²) in [4.78, 5) is 0. The van der Waals surface area contributed by atoms with E-state index in [0.29, 0.717) is 23.4 Å². The summed E-state index contributed by atoms with van der Waals surface area (Å²) >= 11 is 5.84. The first-order chi connectivity index (χ1) is 14.7. The fourth-order valence-corrected chi connectivity index (χ4v) is 3.51. The van der Waals surface area contributed by atoms with Gasteiger partial charge in [0.25, 0.3) is 0 Å². The number of hydrogen-bond donors (Lipinski definition) is 2. The Balaban J connectivity index is 2.00. The van der Waals surface area contributed by atoms with Gasteiger partial charge in [0.2, 0.25) is 0 Å². The number of aryl methyl sites for hydroxylation is 2. The molecule has 0 radical (unpaired) electrons. The van der Waals surface area contributed by atoms with Crippen LogP contribution in [0.1, 0.15) is 29.5 Å². The quantitative estimate of drug-likeness (QED) is 0.341. The third kappa shape index (κ3) is 8.47. The van der Waals surface area contributed by atoms with Crippen LogP contribution in [0, 0.1) is 0 Å². The van der Waals surface area contributed by atoms with Gasteiger partial charge in [0.05, 0.1) is 30.9 Å². The summed E-state index contributed by atoms with van der Waals surface area (Å²) in [6.45, 7) is -0.437. The van der Waals surface area contributed by atoms with Crippen molar-refractivity contribution in [1.82, 2.24) is 0 Å². The maximum atomic E-state index is 13.5. The van der Waals surface area contributed by atoms with Gasteiger partial charge in [-0.15, -0.1) is 0 Å². The molecule has 0 saturated heterocycles.